The molecule has 30 heavy (non-hydrogen) atoms. The zero-order valence-corrected chi connectivity index (χ0v) is 16.9. The van der Waals surface area contributed by atoms with E-state index in [1.165, 1.54) is 24.3 Å². The number of nitrogens with one attached hydrogen (secondary N) is 1. The molecule has 1 amide bonds. The molecular formula is C23H22F3N3O. The number of alkyl halides is 3. The van der Waals surface area contributed by atoms with Gasteiger partial charge in [-0.1, -0.05) is 51.1 Å². The second-order valence-corrected chi connectivity index (χ2v) is 7.86. The predicted molar refractivity (Wildman–Crippen MR) is 111 cm³/mol. The molecule has 156 valence electrons. The van der Waals surface area contributed by atoms with Gasteiger partial charge in [0.05, 0.1) is 16.9 Å². The van der Waals surface area contributed by atoms with Gasteiger partial charge in [-0.05, 0) is 35.9 Å². The van der Waals surface area contributed by atoms with E-state index in [1.54, 1.807) is 10.7 Å². The van der Waals surface area contributed by atoms with Gasteiger partial charge in [-0.2, -0.15) is 18.3 Å². The third-order valence-corrected chi connectivity index (χ3v) is 4.37. The first-order valence-corrected chi connectivity index (χ1v) is 9.36. The Bertz CT molecular complexity index is 1060. The minimum Gasteiger partial charge on any atom is -0.307 e. The largest absolute Gasteiger partial charge is 0.416 e. The highest BCUT2D eigenvalue weighted by molar-refractivity contribution is 6.01. The Morgan fingerprint density at radius 1 is 1.00 bits per heavy atom. The monoisotopic (exact) mass is 413 g/mol. The van der Waals surface area contributed by atoms with Gasteiger partial charge >= 0.3 is 6.18 Å². The molecule has 0 unspecified atom stereocenters. The summed E-state index contributed by atoms with van der Waals surface area (Å²) in [7, 11) is 0. The summed E-state index contributed by atoms with van der Waals surface area (Å²) < 4.78 is 40.2. The third kappa shape index (κ3) is 5.17. The second-order valence-electron chi connectivity index (χ2n) is 7.86. The van der Waals surface area contributed by atoms with E-state index < -0.39 is 17.6 Å². The maximum absolute atomic E-state index is 12.8. The van der Waals surface area contributed by atoms with Crippen LogP contribution in [-0.4, -0.2) is 15.7 Å². The van der Waals surface area contributed by atoms with Crippen LogP contribution in [-0.2, 0) is 16.4 Å². The molecule has 7 heteroatoms. The van der Waals surface area contributed by atoms with Gasteiger partial charge in [0.25, 0.3) is 0 Å². The summed E-state index contributed by atoms with van der Waals surface area (Å²) in [6.45, 7) is 6.05. The Balaban J connectivity index is 1.85. The number of rotatable bonds is 4. The Kier molecular flexibility index (Phi) is 5.82. The van der Waals surface area contributed by atoms with Crippen molar-refractivity contribution in [1.29, 1.82) is 0 Å². The fraction of sp³-hybridized carbons (Fsp3) is 0.217. The molecule has 4 nitrogen and oxygen atoms in total. The van der Waals surface area contributed by atoms with Crippen molar-refractivity contribution in [3.05, 3.63) is 83.6 Å². The third-order valence-electron chi connectivity index (χ3n) is 4.37. The van der Waals surface area contributed by atoms with Gasteiger partial charge in [0.2, 0.25) is 5.91 Å². The Hall–Kier alpha value is -3.35. The summed E-state index contributed by atoms with van der Waals surface area (Å²) in [5.41, 5.74) is 0.871. The molecule has 1 heterocycles. The Morgan fingerprint density at radius 3 is 2.33 bits per heavy atom. The number of para-hydroxylation sites is 1. The van der Waals surface area contributed by atoms with Crippen LogP contribution in [0.1, 0.15) is 37.6 Å². The molecule has 0 atom stereocenters. The Morgan fingerprint density at radius 2 is 1.70 bits per heavy atom. The van der Waals surface area contributed by atoms with Gasteiger partial charge in [0.15, 0.2) is 0 Å². The van der Waals surface area contributed by atoms with Crippen molar-refractivity contribution in [2.24, 2.45) is 0 Å². The zero-order valence-electron chi connectivity index (χ0n) is 16.9. The number of benzene rings is 2. The minimum absolute atomic E-state index is 0.229. The average molecular weight is 413 g/mol. The van der Waals surface area contributed by atoms with Crippen molar-refractivity contribution in [2.45, 2.75) is 32.4 Å². The highest BCUT2D eigenvalue weighted by atomic mass is 19.4. The maximum Gasteiger partial charge on any atom is 0.416 e. The van der Waals surface area contributed by atoms with Gasteiger partial charge in [-0.25, -0.2) is 4.68 Å². The second kappa shape index (κ2) is 8.18. The van der Waals surface area contributed by atoms with Crippen molar-refractivity contribution in [2.75, 3.05) is 5.32 Å². The van der Waals surface area contributed by atoms with Crippen LogP contribution in [0.5, 0.6) is 0 Å². The normalized spacial score (nSPS) is 12.3. The molecule has 0 aliphatic rings. The molecule has 0 aliphatic carbocycles. The molecule has 3 rings (SSSR count). The smallest absolute Gasteiger partial charge is 0.307 e. The summed E-state index contributed by atoms with van der Waals surface area (Å²) in [6.07, 6.45) is -1.88. The molecule has 0 bridgehead atoms. The molecule has 0 radical (unpaired) electrons. The van der Waals surface area contributed by atoms with E-state index in [2.05, 4.69) is 10.4 Å². The van der Waals surface area contributed by atoms with E-state index >= 15 is 0 Å². The van der Waals surface area contributed by atoms with Gasteiger partial charge in [-0.15, -0.1) is 0 Å². The van der Waals surface area contributed by atoms with Gasteiger partial charge in [0, 0.05) is 17.6 Å². The van der Waals surface area contributed by atoms with Crippen LogP contribution >= 0.6 is 0 Å². The van der Waals surface area contributed by atoms with Crippen molar-refractivity contribution >= 4 is 17.8 Å². The first kappa shape index (κ1) is 21.4. The maximum atomic E-state index is 12.8. The van der Waals surface area contributed by atoms with Gasteiger partial charge < -0.3 is 5.32 Å². The first-order valence-electron chi connectivity index (χ1n) is 9.36. The lowest BCUT2D eigenvalue weighted by Crippen LogP contribution is -2.13. The number of carbonyl (C=O) groups excluding carboxylic acids is 1. The highest BCUT2D eigenvalue weighted by Gasteiger charge is 2.30. The lowest BCUT2D eigenvalue weighted by molar-refractivity contribution is -0.137. The minimum atomic E-state index is -4.43. The SMILES string of the molecule is CC(C)(C)c1cc(NC(=O)/C=C/c2cccc(C(F)(F)F)c2)n(-c2ccccc2)n1. The Labute approximate surface area is 173 Å². The average Bonchev–Trinajstić information content (AvgIpc) is 3.11. The van der Waals surface area contributed by atoms with E-state index in [1.807, 2.05) is 51.1 Å². The summed E-state index contributed by atoms with van der Waals surface area (Å²) in [6, 6.07) is 15.9. The fourth-order valence-electron chi connectivity index (χ4n) is 2.76. The van der Waals surface area contributed by atoms with Crippen LogP contribution in [0.25, 0.3) is 11.8 Å². The van der Waals surface area contributed by atoms with Crippen molar-refractivity contribution in [1.82, 2.24) is 9.78 Å². The number of hydrogen-bond acceptors (Lipinski definition) is 2. The lowest BCUT2D eigenvalue weighted by atomic mass is 9.92. The van der Waals surface area contributed by atoms with E-state index in [0.717, 1.165) is 23.5 Å². The number of nitrogens with zero attached hydrogens (tertiary/aromatic N) is 2. The molecule has 0 aliphatic heterocycles. The van der Waals surface area contributed by atoms with Gasteiger partial charge in [0.1, 0.15) is 5.82 Å². The first-order chi connectivity index (χ1) is 14.0. The zero-order chi connectivity index (χ0) is 21.9. The molecule has 0 saturated heterocycles. The number of carbonyl (C=O) groups is 1. The molecule has 0 fully saturated rings. The molecule has 1 N–H and O–H groups in total. The highest BCUT2D eigenvalue weighted by Crippen LogP contribution is 2.30. The predicted octanol–water partition coefficient (Wildman–Crippen LogP) is 5.84. The summed E-state index contributed by atoms with van der Waals surface area (Å²) in [4.78, 5) is 12.4. The summed E-state index contributed by atoms with van der Waals surface area (Å²) in [5.74, 6) is 0.00905. The van der Waals surface area contributed by atoms with Crippen molar-refractivity contribution in [3.8, 4) is 5.69 Å². The molecule has 1 aromatic heterocycles. The topological polar surface area (TPSA) is 46.9 Å². The van der Waals surface area contributed by atoms with Crippen LogP contribution in [0.15, 0.2) is 66.7 Å². The molecule has 3 aromatic rings. The number of anilines is 1. The molecule has 0 spiro atoms. The van der Waals surface area contributed by atoms with E-state index in [9.17, 15) is 18.0 Å². The van der Waals surface area contributed by atoms with E-state index in [0.29, 0.717) is 5.82 Å². The van der Waals surface area contributed by atoms with Crippen LogP contribution in [0.4, 0.5) is 19.0 Å². The summed E-state index contributed by atoms with van der Waals surface area (Å²) in [5, 5.41) is 7.38. The standard InChI is InChI=1S/C23H22F3N3O/c1-22(2,3)19-15-20(29(28-19)18-10-5-4-6-11-18)27-21(30)13-12-16-8-7-9-17(14-16)23(24,25)26/h4-15H,1-3H3,(H,27,30)/b13-12+. The van der Waals surface area contributed by atoms with Crippen molar-refractivity contribution in [3.63, 3.8) is 0 Å². The van der Waals surface area contributed by atoms with Crippen LogP contribution < -0.4 is 5.32 Å². The lowest BCUT2D eigenvalue weighted by Gasteiger charge is -2.14. The van der Waals surface area contributed by atoms with Crippen LogP contribution in [0.3, 0.4) is 0 Å². The van der Waals surface area contributed by atoms with Crippen LogP contribution in [0, 0.1) is 0 Å². The number of hydrogen-bond donors (Lipinski definition) is 1. The quantitative estimate of drug-likeness (QED) is 0.546. The van der Waals surface area contributed by atoms with Gasteiger partial charge in [-0.3, -0.25) is 4.79 Å². The summed E-state index contributed by atoms with van der Waals surface area (Å²) >= 11 is 0. The van der Waals surface area contributed by atoms with E-state index in [4.69, 9.17) is 0 Å². The van der Waals surface area contributed by atoms with Crippen molar-refractivity contribution < 1.29 is 18.0 Å². The van der Waals surface area contributed by atoms with E-state index in [-0.39, 0.29) is 11.0 Å². The van der Waals surface area contributed by atoms with Crippen LogP contribution in [0.2, 0.25) is 0 Å². The molecule has 0 saturated carbocycles. The number of amides is 1. The number of aromatic nitrogens is 2. The molecular weight excluding hydrogens is 391 g/mol. The molecule has 2 aromatic carbocycles. The number of halogens is 3. The fourth-order valence-corrected chi connectivity index (χ4v) is 2.76.